The van der Waals surface area contributed by atoms with Crippen LogP contribution in [0.25, 0.3) is 33.4 Å². The summed E-state index contributed by atoms with van der Waals surface area (Å²) in [5, 5.41) is 5.29. The summed E-state index contributed by atoms with van der Waals surface area (Å²) < 4.78 is 14.9. The molecule has 2 aromatic carbocycles. The molecule has 0 saturated carbocycles. The number of anilines is 3. The highest BCUT2D eigenvalue weighted by Gasteiger charge is 2.24. The molecular formula is C48H74N5O3+. The average molecular weight is 769 g/mol. The van der Waals surface area contributed by atoms with Crippen LogP contribution in [0.15, 0.2) is 52.9 Å². The Bertz CT molecular complexity index is 1840. The molecule has 0 bridgehead atoms. The van der Waals surface area contributed by atoms with Crippen LogP contribution in [0.1, 0.15) is 117 Å². The monoisotopic (exact) mass is 769 g/mol. The number of nitrogens with zero attached hydrogens (tertiary/aromatic N) is 4. The third kappa shape index (κ3) is 12.7. The number of unbranched alkanes of at least 4 members (excludes halogenated alkanes) is 13. The molecule has 8 nitrogen and oxygen atoms in total. The number of nitrogens with one attached hydrogen (secondary N) is 1. The number of benzene rings is 3. The van der Waals surface area contributed by atoms with Crippen molar-refractivity contribution in [3.8, 4) is 28.2 Å². The van der Waals surface area contributed by atoms with Gasteiger partial charge in [-0.1, -0.05) is 90.4 Å². The summed E-state index contributed by atoms with van der Waals surface area (Å²) >= 11 is 0. The second-order valence-corrected chi connectivity index (χ2v) is 16.2. The highest BCUT2D eigenvalue weighted by atomic mass is 16.5. The Kier molecular flexibility index (Phi) is 18.4. The van der Waals surface area contributed by atoms with Crippen molar-refractivity contribution in [1.82, 2.24) is 9.89 Å². The molecule has 1 amide bonds. The molecule has 2 aliphatic rings. The maximum absolute atomic E-state index is 12.8. The molecule has 0 atom stereocenters. The predicted octanol–water partition coefficient (Wildman–Crippen LogP) is 10.6. The first-order chi connectivity index (χ1) is 27.1. The Hall–Kier alpha value is -4.20. The molecule has 0 fully saturated rings. The van der Waals surface area contributed by atoms with Crippen LogP contribution in [-0.4, -0.2) is 74.9 Å². The molecular weight excluding hydrogens is 695 g/mol. The van der Waals surface area contributed by atoms with Crippen LogP contribution in [-0.2, 0) is 4.79 Å². The first kappa shape index (κ1) is 44.5. The zero-order valence-corrected chi connectivity index (χ0v) is 36.6. The van der Waals surface area contributed by atoms with E-state index in [2.05, 4.69) is 101 Å². The lowest BCUT2D eigenvalue weighted by Gasteiger charge is -2.30. The van der Waals surface area contributed by atoms with Crippen LogP contribution in [0.4, 0.5) is 17.1 Å². The summed E-state index contributed by atoms with van der Waals surface area (Å²) in [5.41, 5.74) is 7.23. The van der Waals surface area contributed by atoms with E-state index >= 15 is 0 Å². The van der Waals surface area contributed by atoms with E-state index in [1.54, 1.807) is 7.11 Å². The molecule has 0 spiro atoms. The normalized spacial score (nSPS) is 11.3. The van der Waals surface area contributed by atoms with Gasteiger partial charge in [0, 0.05) is 100 Å². The summed E-state index contributed by atoms with van der Waals surface area (Å²) in [6, 6.07) is 17.3. The highest BCUT2D eigenvalue weighted by molar-refractivity contribution is 6.05. The van der Waals surface area contributed by atoms with Crippen LogP contribution in [0.2, 0.25) is 0 Å². The predicted molar refractivity (Wildman–Crippen MR) is 241 cm³/mol. The van der Waals surface area contributed by atoms with Crippen molar-refractivity contribution in [3.63, 3.8) is 0 Å². The first-order valence-corrected chi connectivity index (χ1v) is 21.7. The number of rotatable bonds is 25. The maximum atomic E-state index is 12.8. The fourth-order valence-electron chi connectivity index (χ4n) is 7.76. The zero-order chi connectivity index (χ0) is 40.5. The van der Waals surface area contributed by atoms with E-state index in [0.29, 0.717) is 6.42 Å². The number of amides is 1. The Morgan fingerprint density at radius 2 is 1.36 bits per heavy atom. The lowest BCUT2D eigenvalue weighted by Crippen LogP contribution is -2.29. The van der Waals surface area contributed by atoms with Gasteiger partial charge in [0.05, 0.1) is 24.6 Å². The minimum absolute atomic E-state index is 0.152. The summed E-state index contributed by atoms with van der Waals surface area (Å²) in [7, 11) is 14.1. The number of fused-ring (bicyclic) bond motifs is 2. The molecule has 1 aliphatic heterocycles. The fraction of sp³-hybridized carbons (Fsp3) is 0.583. The Morgan fingerprint density at radius 3 is 1.93 bits per heavy atom. The minimum atomic E-state index is 0.152. The van der Waals surface area contributed by atoms with Gasteiger partial charge in [0.2, 0.25) is 11.3 Å². The summed E-state index contributed by atoms with van der Waals surface area (Å²) in [4.78, 5) is 19.5. The maximum Gasteiger partial charge on any atom is 0.220 e. The number of methoxy groups -OCH3 is 1. The largest absolute Gasteiger partial charge is 0.496 e. The van der Waals surface area contributed by atoms with Crippen molar-refractivity contribution in [1.29, 1.82) is 0 Å². The number of carbonyl (C=O) groups excluding carboxylic acids is 1. The molecule has 1 heterocycles. The van der Waals surface area contributed by atoms with Gasteiger partial charge in [-0.2, -0.15) is 0 Å². The quantitative estimate of drug-likeness (QED) is 0.0412. The van der Waals surface area contributed by atoms with Gasteiger partial charge >= 0.3 is 0 Å². The number of hydrogen-bond acceptors (Lipinski definition) is 6. The van der Waals surface area contributed by atoms with Crippen LogP contribution in [0.3, 0.4) is 0 Å². The van der Waals surface area contributed by atoms with E-state index in [1.165, 1.54) is 83.5 Å². The van der Waals surface area contributed by atoms with Crippen molar-refractivity contribution in [2.75, 3.05) is 83.7 Å². The van der Waals surface area contributed by atoms with Gasteiger partial charge in [-0.3, -0.25) is 4.79 Å². The van der Waals surface area contributed by atoms with Crippen molar-refractivity contribution in [2.24, 2.45) is 0 Å². The van der Waals surface area contributed by atoms with Gasteiger partial charge in [-0.05, 0) is 44.0 Å². The fourth-order valence-corrected chi connectivity index (χ4v) is 7.76. The standard InChI is InChI=1S/C48H73N5O3/c1-10-12-13-14-15-16-17-18-19-20-21-22-23-24-31-49-47(54)26-25-32-53(11-2)43-36-44(55-9)41(35-42(43)52(7)8)48-39-29-27-37(50(3)4)33-45(39)56-46-34-38(51(5)6)28-30-40(46)48/h27-30,33-36H,10-26,31-32H2,1-9H3/p+1. The molecule has 0 aromatic heterocycles. The van der Waals surface area contributed by atoms with Crippen LogP contribution < -0.4 is 34.7 Å². The number of carbonyl (C=O) groups is 1. The van der Waals surface area contributed by atoms with Crippen LogP contribution >= 0.6 is 0 Å². The van der Waals surface area contributed by atoms with Gasteiger partial charge in [-0.15, -0.1) is 0 Å². The number of ether oxygens (including phenoxy) is 1. The SMILES string of the molecule is CCCCCCCCCCCCCCCCNC(=O)CCCN(CC)c1cc(OC)c(-c2c3ccc(=[N+](C)C)cc-3oc3cc(N(C)C)ccc23)cc1N(C)C. The molecule has 0 radical (unpaired) electrons. The van der Waals surface area contributed by atoms with Crippen molar-refractivity contribution < 1.29 is 13.9 Å². The molecule has 8 heteroatoms. The Morgan fingerprint density at radius 1 is 0.714 bits per heavy atom. The van der Waals surface area contributed by atoms with E-state index in [0.717, 1.165) is 94.1 Å². The molecule has 56 heavy (non-hydrogen) atoms. The van der Waals surface area contributed by atoms with E-state index in [9.17, 15) is 4.79 Å². The van der Waals surface area contributed by atoms with Gasteiger partial charge in [0.25, 0.3) is 0 Å². The second kappa shape index (κ2) is 23.1. The van der Waals surface area contributed by atoms with Crippen LogP contribution in [0.5, 0.6) is 5.75 Å². The topological polar surface area (TPSA) is 64.2 Å². The molecule has 0 saturated heterocycles. The lowest BCUT2D eigenvalue weighted by atomic mass is 9.92. The molecule has 308 valence electrons. The van der Waals surface area contributed by atoms with Gasteiger partial charge < -0.3 is 29.2 Å². The first-order valence-electron chi connectivity index (χ1n) is 21.7. The number of hydrogen-bond donors (Lipinski definition) is 1. The van der Waals surface area contributed by atoms with Crippen LogP contribution in [0, 0.1) is 0 Å². The van der Waals surface area contributed by atoms with Crippen molar-refractivity contribution in [3.05, 3.63) is 53.9 Å². The van der Waals surface area contributed by atoms with Gasteiger partial charge in [-0.25, -0.2) is 4.58 Å². The summed E-state index contributed by atoms with van der Waals surface area (Å²) in [6.07, 6.45) is 20.1. The molecule has 0 unspecified atom stereocenters. The molecule has 1 N–H and O–H groups in total. The van der Waals surface area contributed by atoms with E-state index in [-0.39, 0.29) is 5.91 Å². The minimum Gasteiger partial charge on any atom is -0.496 e. The Labute approximate surface area is 339 Å². The summed E-state index contributed by atoms with van der Waals surface area (Å²) in [5.74, 6) is 1.78. The third-order valence-corrected chi connectivity index (χ3v) is 11.2. The zero-order valence-electron chi connectivity index (χ0n) is 36.6. The van der Waals surface area contributed by atoms with E-state index in [1.807, 2.05) is 28.2 Å². The van der Waals surface area contributed by atoms with Crippen molar-refractivity contribution in [2.45, 2.75) is 117 Å². The molecule has 2 aromatic rings. The second-order valence-electron chi connectivity index (χ2n) is 16.2. The van der Waals surface area contributed by atoms with Gasteiger partial charge in [0.15, 0.2) is 0 Å². The lowest BCUT2D eigenvalue weighted by molar-refractivity contribution is -0.121. The average Bonchev–Trinajstić information content (AvgIpc) is 3.19. The van der Waals surface area contributed by atoms with E-state index < -0.39 is 0 Å². The molecule has 1 aliphatic carbocycles. The summed E-state index contributed by atoms with van der Waals surface area (Å²) in [6.45, 7) is 6.84. The smallest absolute Gasteiger partial charge is 0.220 e. The Balaban J connectivity index is 1.38. The van der Waals surface area contributed by atoms with Gasteiger partial charge in [0.1, 0.15) is 31.2 Å². The van der Waals surface area contributed by atoms with E-state index in [4.69, 9.17) is 9.15 Å². The van der Waals surface area contributed by atoms with Crippen molar-refractivity contribution >= 4 is 33.9 Å². The molecule has 4 rings (SSSR count). The highest BCUT2D eigenvalue weighted by Crippen LogP contribution is 2.47. The third-order valence-electron chi connectivity index (χ3n) is 11.2.